The number of rotatable bonds is 1. The van der Waals surface area contributed by atoms with Gasteiger partial charge in [0, 0.05) is 10.2 Å². The standard InChI is InChI=1S/C11H7BrF3NO3/c12-8-2-1-6(3-7(8)11(13,14)15)16-4-9(17)19-10(18)5-16/h1-3H,4-5H2. The molecule has 1 fully saturated rings. The maximum atomic E-state index is 12.7. The van der Waals surface area contributed by atoms with E-state index in [4.69, 9.17) is 0 Å². The lowest BCUT2D eigenvalue weighted by Crippen LogP contribution is -2.43. The molecule has 0 saturated carbocycles. The van der Waals surface area contributed by atoms with Crippen LogP contribution in [-0.2, 0) is 20.5 Å². The average Bonchev–Trinajstić information content (AvgIpc) is 2.26. The number of esters is 2. The number of nitrogens with zero attached hydrogens (tertiary/aromatic N) is 1. The van der Waals surface area contributed by atoms with E-state index in [1.165, 1.54) is 17.0 Å². The number of halogens is 4. The van der Waals surface area contributed by atoms with Crippen molar-refractivity contribution in [2.45, 2.75) is 6.18 Å². The first-order valence-electron chi connectivity index (χ1n) is 5.12. The van der Waals surface area contributed by atoms with E-state index in [1.807, 2.05) is 0 Å². The maximum Gasteiger partial charge on any atom is 0.417 e. The van der Waals surface area contributed by atoms with Crippen molar-refractivity contribution in [1.29, 1.82) is 0 Å². The van der Waals surface area contributed by atoms with Crippen molar-refractivity contribution in [3.05, 3.63) is 28.2 Å². The van der Waals surface area contributed by atoms with E-state index in [-0.39, 0.29) is 23.2 Å². The van der Waals surface area contributed by atoms with Crippen molar-refractivity contribution >= 4 is 33.6 Å². The molecule has 8 heteroatoms. The van der Waals surface area contributed by atoms with Crippen LogP contribution in [0.3, 0.4) is 0 Å². The number of alkyl halides is 3. The lowest BCUT2D eigenvalue weighted by Gasteiger charge is -2.27. The molecule has 0 unspecified atom stereocenters. The molecule has 1 aromatic carbocycles. The lowest BCUT2D eigenvalue weighted by atomic mass is 10.1. The summed E-state index contributed by atoms with van der Waals surface area (Å²) in [6, 6.07) is 3.50. The van der Waals surface area contributed by atoms with Gasteiger partial charge in [0.15, 0.2) is 0 Å². The quantitative estimate of drug-likeness (QED) is 0.583. The first-order valence-corrected chi connectivity index (χ1v) is 5.92. The number of hydrogen-bond donors (Lipinski definition) is 0. The van der Waals surface area contributed by atoms with Gasteiger partial charge < -0.3 is 9.64 Å². The molecule has 1 aliphatic rings. The molecule has 1 saturated heterocycles. The predicted molar refractivity (Wildman–Crippen MR) is 62.5 cm³/mol. The van der Waals surface area contributed by atoms with Gasteiger partial charge in [-0.3, -0.25) is 0 Å². The van der Waals surface area contributed by atoms with Crippen LogP contribution >= 0.6 is 15.9 Å². The summed E-state index contributed by atoms with van der Waals surface area (Å²) in [5.41, 5.74) is -0.725. The van der Waals surface area contributed by atoms with Crippen LogP contribution < -0.4 is 4.90 Å². The Kier molecular flexibility index (Phi) is 3.53. The Bertz CT molecular complexity index is 528. The molecule has 1 aliphatic heterocycles. The molecule has 0 N–H and O–H groups in total. The Morgan fingerprint density at radius 3 is 2.26 bits per heavy atom. The molecule has 0 bridgehead atoms. The van der Waals surface area contributed by atoms with E-state index in [0.29, 0.717) is 0 Å². The lowest BCUT2D eigenvalue weighted by molar-refractivity contribution is -0.160. The fourth-order valence-corrected chi connectivity index (χ4v) is 2.14. The number of hydrogen-bond acceptors (Lipinski definition) is 4. The normalized spacial score (nSPS) is 16.5. The zero-order valence-electron chi connectivity index (χ0n) is 9.33. The molecule has 19 heavy (non-hydrogen) atoms. The van der Waals surface area contributed by atoms with Crippen LogP contribution in [0, 0.1) is 0 Å². The van der Waals surface area contributed by atoms with Crippen molar-refractivity contribution in [2.75, 3.05) is 18.0 Å². The number of anilines is 1. The Morgan fingerprint density at radius 2 is 1.74 bits per heavy atom. The first kappa shape index (κ1) is 13.9. The molecule has 0 aliphatic carbocycles. The Labute approximate surface area is 114 Å². The summed E-state index contributed by atoms with van der Waals surface area (Å²) in [5.74, 6) is -1.57. The van der Waals surface area contributed by atoms with Crippen LogP contribution in [0.1, 0.15) is 5.56 Å². The summed E-state index contributed by atoms with van der Waals surface area (Å²) in [5, 5.41) is 0. The molecule has 0 amide bonds. The third kappa shape index (κ3) is 3.06. The Hall–Kier alpha value is -1.57. The van der Waals surface area contributed by atoms with Crippen LogP contribution in [0.4, 0.5) is 18.9 Å². The zero-order chi connectivity index (χ0) is 14.2. The monoisotopic (exact) mass is 337 g/mol. The molecule has 1 aromatic rings. The van der Waals surface area contributed by atoms with Crippen molar-refractivity contribution < 1.29 is 27.5 Å². The van der Waals surface area contributed by atoms with Gasteiger partial charge in [-0.25, -0.2) is 9.59 Å². The topological polar surface area (TPSA) is 46.6 Å². The summed E-state index contributed by atoms with van der Waals surface area (Å²) < 4.78 is 42.4. The second kappa shape index (κ2) is 4.84. The minimum absolute atomic E-state index is 0.102. The van der Waals surface area contributed by atoms with Crippen LogP contribution in [0.15, 0.2) is 22.7 Å². The first-order chi connectivity index (χ1) is 8.77. The van der Waals surface area contributed by atoms with Gasteiger partial charge >= 0.3 is 18.1 Å². The van der Waals surface area contributed by atoms with Gasteiger partial charge in [-0.2, -0.15) is 13.2 Å². The number of morpholine rings is 1. The molecule has 4 nitrogen and oxygen atoms in total. The second-order valence-corrected chi connectivity index (χ2v) is 4.72. The summed E-state index contributed by atoms with van der Waals surface area (Å²) in [7, 11) is 0. The third-order valence-electron chi connectivity index (χ3n) is 2.49. The highest BCUT2D eigenvalue weighted by Crippen LogP contribution is 2.37. The van der Waals surface area contributed by atoms with E-state index < -0.39 is 23.7 Å². The number of cyclic esters (lactones) is 2. The van der Waals surface area contributed by atoms with Crippen molar-refractivity contribution in [3.63, 3.8) is 0 Å². The highest BCUT2D eigenvalue weighted by Gasteiger charge is 2.34. The summed E-state index contributed by atoms with van der Waals surface area (Å²) in [6.45, 7) is -0.519. The van der Waals surface area contributed by atoms with Crippen LogP contribution in [0.25, 0.3) is 0 Å². The van der Waals surface area contributed by atoms with Gasteiger partial charge in [0.2, 0.25) is 0 Å². The van der Waals surface area contributed by atoms with Gasteiger partial charge in [0.05, 0.1) is 5.56 Å². The van der Waals surface area contributed by atoms with Gasteiger partial charge in [0.25, 0.3) is 0 Å². The SMILES string of the molecule is O=C1CN(c2ccc(Br)c(C(F)(F)F)c2)CC(=O)O1. The smallest absolute Gasteiger partial charge is 0.390 e. The minimum atomic E-state index is -4.52. The van der Waals surface area contributed by atoms with Crippen LogP contribution in [0.2, 0.25) is 0 Å². The van der Waals surface area contributed by atoms with E-state index >= 15 is 0 Å². The number of carbonyl (C=O) groups excluding carboxylic acids is 2. The van der Waals surface area contributed by atoms with Crippen LogP contribution in [-0.4, -0.2) is 25.0 Å². The summed E-state index contributed by atoms with van der Waals surface area (Å²) in [6.07, 6.45) is -4.52. The third-order valence-corrected chi connectivity index (χ3v) is 3.18. The van der Waals surface area contributed by atoms with E-state index in [2.05, 4.69) is 20.7 Å². The van der Waals surface area contributed by atoms with E-state index in [0.717, 1.165) is 6.07 Å². The van der Waals surface area contributed by atoms with Crippen molar-refractivity contribution in [2.24, 2.45) is 0 Å². The fraction of sp³-hybridized carbons (Fsp3) is 0.273. The van der Waals surface area contributed by atoms with Gasteiger partial charge in [-0.1, -0.05) is 15.9 Å². The number of ether oxygens (including phenoxy) is 1. The molecule has 2 rings (SSSR count). The number of benzene rings is 1. The highest BCUT2D eigenvalue weighted by atomic mass is 79.9. The maximum absolute atomic E-state index is 12.7. The van der Waals surface area contributed by atoms with Crippen LogP contribution in [0.5, 0.6) is 0 Å². The Balaban J connectivity index is 2.36. The van der Waals surface area contributed by atoms with Gasteiger partial charge in [0.1, 0.15) is 13.1 Å². The Morgan fingerprint density at radius 1 is 1.16 bits per heavy atom. The molecule has 0 spiro atoms. The van der Waals surface area contributed by atoms with E-state index in [9.17, 15) is 22.8 Å². The fourth-order valence-electron chi connectivity index (χ4n) is 1.67. The molecule has 0 aromatic heterocycles. The van der Waals surface area contributed by atoms with E-state index in [1.54, 1.807) is 0 Å². The molecule has 0 atom stereocenters. The summed E-state index contributed by atoms with van der Waals surface area (Å²) in [4.78, 5) is 23.4. The minimum Gasteiger partial charge on any atom is -0.390 e. The van der Waals surface area contributed by atoms with Gasteiger partial charge in [-0.05, 0) is 18.2 Å². The molecular formula is C11H7BrF3NO3. The molecular weight excluding hydrogens is 331 g/mol. The highest BCUT2D eigenvalue weighted by molar-refractivity contribution is 9.10. The number of carbonyl (C=O) groups is 2. The van der Waals surface area contributed by atoms with Gasteiger partial charge in [-0.15, -0.1) is 0 Å². The average molecular weight is 338 g/mol. The van der Waals surface area contributed by atoms with Crippen molar-refractivity contribution in [3.8, 4) is 0 Å². The van der Waals surface area contributed by atoms with Crippen molar-refractivity contribution in [1.82, 2.24) is 0 Å². The second-order valence-electron chi connectivity index (χ2n) is 3.86. The zero-order valence-corrected chi connectivity index (χ0v) is 10.9. The summed E-state index contributed by atoms with van der Waals surface area (Å²) >= 11 is 2.82. The predicted octanol–water partition coefficient (Wildman–Crippen LogP) is 2.36. The molecule has 0 radical (unpaired) electrons. The molecule has 1 heterocycles. The largest absolute Gasteiger partial charge is 0.417 e. The molecule has 102 valence electrons.